The monoisotopic (exact) mass is 304 g/mol. The Bertz CT molecular complexity index is 830. The van der Waals surface area contributed by atoms with Gasteiger partial charge in [0.05, 0.1) is 17.8 Å². The normalized spacial score (nSPS) is 17.1. The van der Waals surface area contributed by atoms with Crippen LogP contribution in [0, 0.1) is 0 Å². The smallest absolute Gasteiger partial charge is 0.100 e. The van der Waals surface area contributed by atoms with E-state index in [4.69, 9.17) is 15.5 Å². The van der Waals surface area contributed by atoms with Gasteiger partial charge in [-0.05, 0) is 36.5 Å². The average Bonchev–Trinajstić information content (AvgIpc) is 2.61. The molecule has 0 bridgehead atoms. The third-order valence-electron chi connectivity index (χ3n) is 4.56. The van der Waals surface area contributed by atoms with Crippen molar-refractivity contribution in [3.05, 3.63) is 71.4 Å². The lowest BCUT2D eigenvalue weighted by molar-refractivity contribution is 0.0256. The zero-order valence-corrected chi connectivity index (χ0v) is 13.0. The summed E-state index contributed by atoms with van der Waals surface area (Å²) in [5.41, 5.74) is 11.6. The van der Waals surface area contributed by atoms with E-state index in [1.54, 1.807) is 0 Å². The molecule has 0 saturated carbocycles. The number of nitrogens with zero attached hydrogens (tertiary/aromatic N) is 1. The van der Waals surface area contributed by atoms with Crippen molar-refractivity contribution in [3.63, 3.8) is 0 Å². The van der Waals surface area contributed by atoms with Crippen LogP contribution >= 0.6 is 0 Å². The summed E-state index contributed by atoms with van der Waals surface area (Å²) >= 11 is 0. The van der Waals surface area contributed by atoms with Gasteiger partial charge in [0.25, 0.3) is 0 Å². The van der Waals surface area contributed by atoms with Crippen molar-refractivity contribution in [2.45, 2.75) is 32.0 Å². The molecule has 0 radical (unpaired) electrons. The maximum absolute atomic E-state index is 6.41. The van der Waals surface area contributed by atoms with E-state index in [0.29, 0.717) is 6.61 Å². The number of anilines is 1. The number of hydrogen-bond donors (Lipinski definition) is 1. The van der Waals surface area contributed by atoms with Crippen LogP contribution in [0.25, 0.3) is 10.9 Å². The number of hydrogen-bond acceptors (Lipinski definition) is 3. The van der Waals surface area contributed by atoms with E-state index in [1.807, 2.05) is 42.5 Å². The molecular weight excluding hydrogens is 284 g/mol. The summed E-state index contributed by atoms with van der Waals surface area (Å²) in [5, 5.41) is 1.05. The van der Waals surface area contributed by atoms with Crippen molar-refractivity contribution in [2.24, 2.45) is 0 Å². The van der Waals surface area contributed by atoms with Crippen LogP contribution in [0.1, 0.15) is 35.8 Å². The van der Waals surface area contributed by atoms with E-state index in [1.165, 1.54) is 11.1 Å². The van der Waals surface area contributed by atoms with E-state index in [9.17, 15) is 0 Å². The molecule has 0 fully saturated rings. The second-order valence-corrected chi connectivity index (χ2v) is 6.08. The molecule has 0 amide bonds. The molecule has 3 nitrogen and oxygen atoms in total. The van der Waals surface area contributed by atoms with Crippen molar-refractivity contribution in [1.82, 2.24) is 4.98 Å². The molecule has 3 aromatic rings. The molecule has 116 valence electrons. The number of ether oxygens (including phenoxy) is 1. The number of aromatic nitrogens is 1. The lowest BCUT2D eigenvalue weighted by Crippen LogP contribution is -2.17. The number of nitrogen functional groups attached to an aromatic ring is 1. The van der Waals surface area contributed by atoms with Gasteiger partial charge in [-0.3, -0.25) is 0 Å². The number of para-hydroxylation sites is 1. The first-order valence-corrected chi connectivity index (χ1v) is 8.15. The molecule has 0 spiro atoms. The summed E-state index contributed by atoms with van der Waals surface area (Å²) in [7, 11) is 0. The standard InChI is InChI=1S/C20H20N2O/c21-19-15-9-4-5-11-17(15)22-20-16(19)10-6-12-18(20)23-13-14-7-2-1-3-8-14/h1-5,7-9,11,18H,6,10,12-13H2,(H2,21,22). The Morgan fingerprint density at radius 1 is 1.04 bits per heavy atom. The van der Waals surface area contributed by atoms with Crippen LogP contribution in [-0.4, -0.2) is 4.98 Å². The highest BCUT2D eigenvalue weighted by molar-refractivity contribution is 5.92. The molecule has 1 unspecified atom stereocenters. The van der Waals surface area contributed by atoms with Crippen molar-refractivity contribution in [1.29, 1.82) is 0 Å². The van der Waals surface area contributed by atoms with E-state index in [-0.39, 0.29) is 6.10 Å². The van der Waals surface area contributed by atoms with Crippen molar-refractivity contribution >= 4 is 16.6 Å². The van der Waals surface area contributed by atoms with Gasteiger partial charge >= 0.3 is 0 Å². The molecular formula is C20H20N2O. The first-order valence-electron chi connectivity index (χ1n) is 8.15. The van der Waals surface area contributed by atoms with Gasteiger partial charge in [0.2, 0.25) is 0 Å². The Hall–Kier alpha value is -2.39. The molecule has 1 aliphatic carbocycles. The maximum Gasteiger partial charge on any atom is 0.100 e. The number of benzene rings is 2. The molecule has 4 rings (SSSR count). The number of nitrogens with two attached hydrogens (primary N) is 1. The quantitative estimate of drug-likeness (QED) is 0.779. The number of pyridine rings is 1. The highest BCUT2D eigenvalue weighted by atomic mass is 16.5. The molecule has 2 N–H and O–H groups in total. The van der Waals surface area contributed by atoms with Crippen LogP contribution in [0.2, 0.25) is 0 Å². The largest absolute Gasteiger partial charge is 0.398 e. The molecule has 0 aliphatic heterocycles. The van der Waals surface area contributed by atoms with Gasteiger partial charge in [-0.1, -0.05) is 48.5 Å². The maximum atomic E-state index is 6.41. The molecule has 1 heterocycles. The van der Waals surface area contributed by atoms with Crippen molar-refractivity contribution < 1.29 is 4.74 Å². The third kappa shape index (κ3) is 2.68. The summed E-state index contributed by atoms with van der Waals surface area (Å²) in [6.45, 7) is 0.610. The van der Waals surface area contributed by atoms with Crippen molar-refractivity contribution in [3.8, 4) is 0 Å². The molecule has 0 saturated heterocycles. The molecule has 1 atom stereocenters. The summed E-state index contributed by atoms with van der Waals surface area (Å²) in [4.78, 5) is 4.87. The Morgan fingerprint density at radius 3 is 2.70 bits per heavy atom. The zero-order valence-electron chi connectivity index (χ0n) is 13.0. The van der Waals surface area contributed by atoms with Crippen LogP contribution in [0.15, 0.2) is 54.6 Å². The van der Waals surface area contributed by atoms with Crippen LogP contribution in [0.4, 0.5) is 5.69 Å². The van der Waals surface area contributed by atoms with Gasteiger partial charge in [0, 0.05) is 11.1 Å². The van der Waals surface area contributed by atoms with E-state index in [0.717, 1.165) is 41.5 Å². The van der Waals surface area contributed by atoms with Gasteiger partial charge in [-0.2, -0.15) is 0 Å². The van der Waals surface area contributed by atoms with Crippen LogP contribution in [0.5, 0.6) is 0 Å². The second-order valence-electron chi connectivity index (χ2n) is 6.08. The zero-order chi connectivity index (χ0) is 15.6. The van der Waals surface area contributed by atoms with Gasteiger partial charge < -0.3 is 10.5 Å². The Labute approximate surface area is 136 Å². The van der Waals surface area contributed by atoms with Gasteiger partial charge in [0.1, 0.15) is 6.10 Å². The summed E-state index contributed by atoms with van der Waals surface area (Å²) in [6, 6.07) is 18.4. The lowest BCUT2D eigenvalue weighted by Gasteiger charge is -2.26. The Morgan fingerprint density at radius 2 is 1.83 bits per heavy atom. The van der Waals surface area contributed by atoms with E-state index < -0.39 is 0 Å². The van der Waals surface area contributed by atoms with Crippen molar-refractivity contribution in [2.75, 3.05) is 5.73 Å². The van der Waals surface area contributed by atoms with Crippen LogP contribution in [-0.2, 0) is 17.8 Å². The predicted molar refractivity (Wildman–Crippen MR) is 93.1 cm³/mol. The molecule has 3 heteroatoms. The van der Waals surface area contributed by atoms with E-state index >= 15 is 0 Å². The number of fused-ring (bicyclic) bond motifs is 2. The SMILES string of the molecule is Nc1c2c(nc3ccccc13)C(OCc1ccccc1)CCC2. The predicted octanol–water partition coefficient (Wildman–Crippen LogP) is 4.41. The topological polar surface area (TPSA) is 48.1 Å². The first kappa shape index (κ1) is 14.2. The lowest BCUT2D eigenvalue weighted by atomic mass is 9.91. The van der Waals surface area contributed by atoms with Gasteiger partial charge in [-0.25, -0.2) is 4.98 Å². The van der Waals surface area contributed by atoms with Crippen LogP contribution in [0.3, 0.4) is 0 Å². The molecule has 1 aromatic heterocycles. The average molecular weight is 304 g/mol. The highest BCUT2D eigenvalue weighted by Gasteiger charge is 2.25. The Balaban J connectivity index is 1.67. The summed E-state index contributed by atoms with van der Waals surface area (Å²) < 4.78 is 6.18. The molecule has 2 aromatic carbocycles. The highest BCUT2D eigenvalue weighted by Crippen LogP contribution is 2.37. The van der Waals surface area contributed by atoms with Crippen LogP contribution < -0.4 is 5.73 Å². The van der Waals surface area contributed by atoms with E-state index in [2.05, 4.69) is 12.1 Å². The Kier molecular flexibility index (Phi) is 3.72. The molecule has 1 aliphatic rings. The fourth-order valence-electron chi connectivity index (χ4n) is 3.36. The minimum Gasteiger partial charge on any atom is -0.398 e. The fourth-order valence-corrected chi connectivity index (χ4v) is 3.36. The number of rotatable bonds is 3. The minimum absolute atomic E-state index is 0.0332. The fraction of sp³-hybridized carbons (Fsp3) is 0.250. The second kappa shape index (κ2) is 6.01. The summed E-state index contributed by atoms with van der Waals surface area (Å²) in [5.74, 6) is 0. The van der Waals surface area contributed by atoms with Gasteiger partial charge in [0.15, 0.2) is 0 Å². The minimum atomic E-state index is 0.0332. The molecule has 23 heavy (non-hydrogen) atoms. The first-order chi connectivity index (χ1) is 11.3. The third-order valence-corrected chi connectivity index (χ3v) is 4.56. The van der Waals surface area contributed by atoms with Gasteiger partial charge in [-0.15, -0.1) is 0 Å². The summed E-state index contributed by atoms with van der Waals surface area (Å²) in [6.07, 6.45) is 3.12.